The van der Waals surface area contributed by atoms with Gasteiger partial charge in [-0.15, -0.1) is 0 Å². The van der Waals surface area contributed by atoms with Gasteiger partial charge in [0.2, 0.25) is 0 Å². The minimum atomic E-state index is -0.218. The van der Waals surface area contributed by atoms with Gasteiger partial charge < -0.3 is 4.74 Å². The Labute approximate surface area is 72.2 Å². The Hall–Kier alpha value is -0.610. The Balaban J connectivity index is 2.03. The van der Waals surface area contributed by atoms with E-state index in [2.05, 4.69) is 10.2 Å². The van der Waals surface area contributed by atoms with Gasteiger partial charge in [-0.2, -0.15) is 0 Å². The van der Waals surface area contributed by atoms with Gasteiger partial charge in [-0.1, -0.05) is 12.8 Å². The zero-order valence-corrected chi connectivity index (χ0v) is 7.34. The van der Waals surface area contributed by atoms with Gasteiger partial charge in [-0.3, -0.25) is 9.63 Å². The van der Waals surface area contributed by atoms with Crippen LogP contribution < -0.4 is 5.48 Å². The Morgan fingerprint density at radius 2 is 2.17 bits per heavy atom. The lowest BCUT2D eigenvalue weighted by Gasteiger charge is -2.10. The molecule has 1 aliphatic rings. The molecule has 0 spiro atoms. The van der Waals surface area contributed by atoms with Gasteiger partial charge in [0.1, 0.15) is 6.61 Å². The maximum atomic E-state index is 10.8. The summed E-state index contributed by atoms with van der Waals surface area (Å²) in [5.74, 6) is -0.218. The van der Waals surface area contributed by atoms with E-state index in [1.54, 1.807) is 0 Å². The zero-order valence-electron chi connectivity index (χ0n) is 7.34. The molecule has 4 heteroatoms. The zero-order chi connectivity index (χ0) is 8.81. The number of hydrogen-bond donors (Lipinski definition) is 1. The smallest absolute Gasteiger partial charge is 0.269 e. The first-order chi connectivity index (χ1) is 5.83. The summed E-state index contributed by atoms with van der Waals surface area (Å²) in [6, 6.07) is 0. The van der Waals surface area contributed by atoms with E-state index in [-0.39, 0.29) is 18.6 Å². The third-order valence-electron chi connectivity index (χ3n) is 1.92. The summed E-state index contributed by atoms with van der Waals surface area (Å²) in [5.41, 5.74) is 2.36. The molecular weight excluding hydrogens is 158 g/mol. The summed E-state index contributed by atoms with van der Waals surface area (Å²) in [7, 11) is 1.48. The van der Waals surface area contributed by atoms with Crippen molar-refractivity contribution in [3.05, 3.63) is 0 Å². The third kappa shape index (κ3) is 3.19. The molecule has 1 amide bonds. The van der Waals surface area contributed by atoms with Gasteiger partial charge in [0.25, 0.3) is 5.91 Å². The monoisotopic (exact) mass is 173 g/mol. The standard InChI is InChI=1S/C8H15NO3/c1-11-6-8(10)9-12-7-4-2-3-5-7/h7H,2-6H2,1H3,(H,9,10). The second-order valence-electron chi connectivity index (χ2n) is 2.98. The molecule has 0 atom stereocenters. The molecule has 1 N–H and O–H groups in total. The first-order valence-corrected chi connectivity index (χ1v) is 4.26. The van der Waals surface area contributed by atoms with Crippen molar-refractivity contribution >= 4 is 5.91 Å². The normalized spacial score (nSPS) is 18.1. The molecule has 0 aromatic carbocycles. The Morgan fingerprint density at radius 1 is 1.50 bits per heavy atom. The van der Waals surface area contributed by atoms with Gasteiger partial charge >= 0.3 is 0 Å². The van der Waals surface area contributed by atoms with Crippen molar-refractivity contribution in [2.75, 3.05) is 13.7 Å². The van der Waals surface area contributed by atoms with E-state index in [4.69, 9.17) is 4.84 Å². The second kappa shape index (κ2) is 5.11. The van der Waals surface area contributed by atoms with Crippen molar-refractivity contribution in [3.63, 3.8) is 0 Å². The predicted octanol–water partition coefficient (Wildman–Crippen LogP) is 0.623. The van der Waals surface area contributed by atoms with Crippen LogP contribution >= 0.6 is 0 Å². The molecule has 0 bridgehead atoms. The summed E-state index contributed by atoms with van der Waals surface area (Å²) in [6.45, 7) is 0.0622. The molecule has 0 saturated heterocycles. The first kappa shape index (κ1) is 9.48. The molecule has 70 valence electrons. The molecule has 1 saturated carbocycles. The number of methoxy groups -OCH3 is 1. The van der Waals surface area contributed by atoms with Crippen molar-refractivity contribution in [2.45, 2.75) is 31.8 Å². The topological polar surface area (TPSA) is 47.6 Å². The quantitative estimate of drug-likeness (QED) is 0.634. The lowest BCUT2D eigenvalue weighted by molar-refractivity contribution is -0.141. The number of nitrogens with one attached hydrogen (secondary N) is 1. The van der Waals surface area contributed by atoms with Gasteiger partial charge in [0.15, 0.2) is 0 Å². The molecule has 12 heavy (non-hydrogen) atoms. The highest BCUT2D eigenvalue weighted by Crippen LogP contribution is 2.19. The van der Waals surface area contributed by atoms with Crippen LogP contribution in [0.2, 0.25) is 0 Å². The van der Waals surface area contributed by atoms with Crippen LogP contribution in [0.5, 0.6) is 0 Å². The van der Waals surface area contributed by atoms with E-state index in [0.717, 1.165) is 12.8 Å². The minimum Gasteiger partial charge on any atom is -0.375 e. The van der Waals surface area contributed by atoms with Crippen LogP contribution in [0.4, 0.5) is 0 Å². The maximum Gasteiger partial charge on any atom is 0.269 e. The summed E-state index contributed by atoms with van der Waals surface area (Å²) in [5, 5.41) is 0. The molecule has 0 aromatic rings. The number of rotatable bonds is 4. The maximum absolute atomic E-state index is 10.8. The fourth-order valence-electron chi connectivity index (χ4n) is 1.32. The van der Waals surface area contributed by atoms with Crippen LogP contribution in [0.25, 0.3) is 0 Å². The van der Waals surface area contributed by atoms with Crippen LogP contribution in [0, 0.1) is 0 Å². The fraction of sp³-hybridized carbons (Fsp3) is 0.875. The molecule has 1 aliphatic carbocycles. The van der Waals surface area contributed by atoms with Gasteiger partial charge in [0.05, 0.1) is 6.10 Å². The highest BCUT2D eigenvalue weighted by atomic mass is 16.7. The molecule has 0 heterocycles. The number of ether oxygens (including phenoxy) is 1. The van der Waals surface area contributed by atoms with Gasteiger partial charge in [-0.05, 0) is 12.8 Å². The summed E-state index contributed by atoms with van der Waals surface area (Å²) in [4.78, 5) is 16.0. The fourth-order valence-corrected chi connectivity index (χ4v) is 1.32. The summed E-state index contributed by atoms with van der Waals surface area (Å²) >= 11 is 0. The number of amides is 1. The van der Waals surface area contributed by atoms with Crippen molar-refractivity contribution in [1.29, 1.82) is 0 Å². The Bertz CT molecular complexity index is 143. The number of carbonyl (C=O) groups is 1. The van der Waals surface area contributed by atoms with Crippen molar-refractivity contribution in [3.8, 4) is 0 Å². The largest absolute Gasteiger partial charge is 0.375 e. The molecule has 4 nitrogen and oxygen atoms in total. The van der Waals surface area contributed by atoms with Crippen LogP contribution in [-0.4, -0.2) is 25.7 Å². The SMILES string of the molecule is COCC(=O)NOC1CCCC1. The molecule has 1 fully saturated rings. The predicted molar refractivity (Wildman–Crippen MR) is 43.4 cm³/mol. The number of hydrogen-bond acceptors (Lipinski definition) is 3. The van der Waals surface area contributed by atoms with Crippen molar-refractivity contribution < 1.29 is 14.4 Å². The van der Waals surface area contributed by atoms with Crippen molar-refractivity contribution in [1.82, 2.24) is 5.48 Å². The molecule has 0 unspecified atom stereocenters. The molecule has 0 aromatic heterocycles. The lowest BCUT2D eigenvalue weighted by atomic mass is 10.3. The van der Waals surface area contributed by atoms with Crippen LogP contribution in [0.15, 0.2) is 0 Å². The van der Waals surface area contributed by atoms with E-state index in [1.807, 2.05) is 0 Å². The Kier molecular flexibility index (Phi) is 4.04. The Morgan fingerprint density at radius 3 is 2.75 bits per heavy atom. The van der Waals surface area contributed by atoms with E-state index in [0.29, 0.717) is 0 Å². The first-order valence-electron chi connectivity index (χ1n) is 4.26. The third-order valence-corrected chi connectivity index (χ3v) is 1.92. The van der Waals surface area contributed by atoms with Gasteiger partial charge in [-0.25, -0.2) is 5.48 Å². The highest BCUT2D eigenvalue weighted by molar-refractivity contribution is 5.75. The van der Waals surface area contributed by atoms with Crippen molar-refractivity contribution in [2.24, 2.45) is 0 Å². The second-order valence-corrected chi connectivity index (χ2v) is 2.98. The number of hydroxylamine groups is 1. The number of carbonyl (C=O) groups excluding carboxylic acids is 1. The average molecular weight is 173 g/mol. The van der Waals surface area contributed by atoms with Gasteiger partial charge in [0, 0.05) is 7.11 Å². The molecule has 1 rings (SSSR count). The molecule has 0 radical (unpaired) electrons. The molecule has 0 aliphatic heterocycles. The van der Waals surface area contributed by atoms with E-state index < -0.39 is 0 Å². The minimum absolute atomic E-state index is 0.0622. The van der Waals surface area contributed by atoms with E-state index in [9.17, 15) is 4.79 Å². The highest BCUT2D eigenvalue weighted by Gasteiger charge is 2.16. The van der Waals surface area contributed by atoms with Crippen LogP contribution in [0.3, 0.4) is 0 Å². The lowest BCUT2D eigenvalue weighted by Crippen LogP contribution is -2.30. The van der Waals surface area contributed by atoms with Crippen LogP contribution in [-0.2, 0) is 14.4 Å². The van der Waals surface area contributed by atoms with Crippen LogP contribution in [0.1, 0.15) is 25.7 Å². The molecular formula is C8H15NO3. The summed E-state index contributed by atoms with van der Waals surface area (Å²) < 4.78 is 4.63. The summed E-state index contributed by atoms with van der Waals surface area (Å²) in [6.07, 6.45) is 4.71. The average Bonchev–Trinajstić information content (AvgIpc) is 2.53. The van der Waals surface area contributed by atoms with E-state index >= 15 is 0 Å². The van der Waals surface area contributed by atoms with E-state index in [1.165, 1.54) is 20.0 Å².